The Bertz CT molecular complexity index is 344. The van der Waals surface area contributed by atoms with Gasteiger partial charge >= 0.3 is 0 Å². The molecule has 0 nitrogen and oxygen atoms in total. The molecule has 88 valence electrons. The Morgan fingerprint density at radius 1 is 1.12 bits per heavy atom. The van der Waals surface area contributed by atoms with Gasteiger partial charge in [0.05, 0.1) is 0 Å². The fraction of sp³-hybridized carbons (Fsp3) is 0.467. The largest absolute Gasteiger partial charge is 0.168 e. The highest BCUT2D eigenvalue weighted by molar-refractivity contribution is 7.81. The molecule has 0 saturated carbocycles. The molecular formula is C15H22S. The van der Waals surface area contributed by atoms with Crippen LogP contribution in [0.3, 0.4) is 0 Å². The van der Waals surface area contributed by atoms with Crippen LogP contribution in [-0.4, -0.2) is 0 Å². The minimum absolute atomic E-state index is 0.0199. The van der Waals surface area contributed by atoms with E-state index in [0.717, 1.165) is 19.3 Å². The van der Waals surface area contributed by atoms with Gasteiger partial charge in [0, 0.05) is 4.75 Å². The molecule has 0 aliphatic rings. The van der Waals surface area contributed by atoms with E-state index in [9.17, 15) is 0 Å². The van der Waals surface area contributed by atoms with E-state index in [1.165, 1.54) is 16.7 Å². The summed E-state index contributed by atoms with van der Waals surface area (Å²) in [4.78, 5) is 0. The Kier molecular flexibility index (Phi) is 4.67. The third kappa shape index (κ3) is 2.70. The molecule has 1 aromatic rings. The van der Waals surface area contributed by atoms with Gasteiger partial charge in [-0.3, -0.25) is 0 Å². The minimum atomic E-state index is 0.0199. The van der Waals surface area contributed by atoms with Gasteiger partial charge in [-0.15, -0.1) is 0 Å². The Hall–Kier alpha value is -0.690. The van der Waals surface area contributed by atoms with E-state index >= 15 is 0 Å². The quantitative estimate of drug-likeness (QED) is 0.677. The van der Waals surface area contributed by atoms with Gasteiger partial charge in [-0.25, -0.2) is 0 Å². The van der Waals surface area contributed by atoms with Crippen molar-refractivity contribution in [3.63, 3.8) is 0 Å². The molecule has 0 bridgehead atoms. The summed E-state index contributed by atoms with van der Waals surface area (Å²) < 4.78 is 0.0199. The maximum absolute atomic E-state index is 4.79. The van der Waals surface area contributed by atoms with Crippen LogP contribution >= 0.6 is 12.6 Å². The van der Waals surface area contributed by atoms with Gasteiger partial charge in [0.25, 0.3) is 0 Å². The lowest BCUT2D eigenvalue weighted by Gasteiger charge is -2.26. The predicted octanol–water partition coefficient (Wildman–Crippen LogP) is 5.05. The van der Waals surface area contributed by atoms with Crippen molar-refractivity contribution in [3.8, 4) is 0 Å². The number of allylic oxidation sites excluding steroid dienone is 1. The Labute approximate surface area is 105 Å². The van der Waals surface area contributed by atoms with Crippen LogP contribution in [0.4, 0.5) is 0 Å². The summed E-state index contributed by atoms with van der Waals surface area (Å²) in [6.07, 6.45) is 3.12. The molecule has 0 atom stereocenters. The van der Waals surface area contributed by atoms with Gasteiger partial charge in [0.1, 0.15) is 0 Å². The van der Waals surface area contributed by atoms with Gasteiger partial charge < -0.3 is 0 Å². The third-order valence-corrected chi connectivity index (χ3v) is 4.32. The van der Waals surface area contributed by atoms with E-state index in [2.05, 4.69) is 51.6 Å². The molecular weight excluding hydrogens is 212 g/mol. The molecule has 1 aromatic carbocycles. The summed E-state index contributed by atoms with van der Waals surface area (Å²) in [6, 6.07) is 8.71. The number of thiol groups is 1. The van der Waals surface area contributed by atoms with E-state index in [0.29, 0.717) is 0 Å². The molecule has 1 rings (SSSR count). The van der Waals surface area contributed by atoms with E-state index in [-0.39, 0.29) is 4.75 Å². The Morgan fingerprint density at radius 3 is 2.00 bits per heavy atom. The lowest BCUT2D eigenvalue weighted by Crippen LogP contribution is -2.16. The van der Waals surface area contributed by atoms with Crippen molar-refractivity contribution in [3.05, 3.63) is 42.0 Å². The monoisotopic (exact) mass is 234 g/mol. The molecule has 0 aromatic heterocycles. The fourth-order valence-corrected chi connectivity index (χ4v) is 2.03. The van der Waals surface area contributed by atoms with Crippen LogP contribution in [0, 0.1) is 0 Å². The molecule has 0 fully saturated rings. The van der Waals surface area contributed by atoms with Crippen molar-refractivity contribution < 1.29 is 0 Å². The maximum atomic E-state index is 4.79. The second kappa shape index (κ2) is 5.58. The van der Waals surface area contributed by atoms with Crippen molar-refractivity contribution in [1.29, 1.82) is 0 Å². The molecule has 1 heteroatoms. The average molecular weight is 234 g/mol. The molecule has 0 aliphatic heterocycles. The lowest BCUT2D eigenvalue weighted by molar-refractivity contribution is 0.585. The summed E-state index contributed by atoms with van der Waals surface area (Å²) in [5, 5.41) is 0. The van der Waals surface area contributed by atoms with Gasteiger partial charge in [-0.2, -0.15) is 12.6 Å². The second-order valence-electron chi connectivity index (χ2n) is 4.27. The molecule has 0 saturated heterocycles. The van der Waals surface area contributed by atoms with Crippen LogP contribution < -0.4 is 0 Å². The molecule has 0 N–H and O–H groups in total. The summed E-state index contributed by atoms with van der Waals surface area (Å²) in [5.74, 6) is 0. The van der Waals surface area contributed by atoms with E-state index in [4.69, 9.17) is 12.6 Å². The van der Waals surface area contributed by atoms with E-state index in [1.807, 2.05) is 0 Å². The normalized spacial score (nSPS) is 11.5. The van der Waals surface area contributed by atoms with Crippen LogP contribution in [0.5, 0.6) is 0 Å². The summed E-state index contributed by atoms with van der Waals surface area (Å²) in [7, 11) is 0. The standard InChI is InChI=1S/C15H22S/c1-5-12(4)13-8-10-14(11-9-13)15(16,6-2)7-3/h8-11,16H,4-7H2,1-3H3. The molecule has 16 heavy (non-hydrogen) atoms. The minimum Gasteiger partial charge on any atom is -0.168 e. The molecule has 0 amide bonds. The van der Waals surface area contributed by atoms with Crippen molar-refractivity contribution in [2.45, 2.75) is 44.8 Å². The first-order chi connectivity index (χ1) is 7.57. The van der Waals surface area contributed by atoms with Crippen LogP contribution in [0.15, 0.2) is 30.8 Å². The second-order valence-corrected chi connectivity index (χ2v) is 5.13. The molecule has 0 aliphatic carbocycles. The van der Waals surface area contributed by atoms with E-state index < -0.39 is 0 Å². The van der Waals surface area contributed by atoms with Gasteiger partial charge in [-0.1, -0.05) is 51.6 Å². The first-order valence-corrected chi connectivity index (χ1v) is 6.53. The zero-order chi connectivity index (χ0) is 12.2. The number of hydrogen-bond donors (Lipinski definition) is 1. The predicted molar refractivity (Wildman–Crippen MR) is 77.0 cm³/mol. The highest BCUT2D eigenvalue weighted by Gasteiger charge is 2.22. The SMILES string of the molecule is C=C(CC)c1ccc(C(S)(CC)CC)cc1. The average Bonchev–Trinajstić information content (AvgIpc) is 2.37. The summed E-state index contributed by atoms with van der Waals surface area (Å²) in [6.45, 7) is 10.6. The lowest BCUT2D eigenvalue weighted by atomic mass is 9.91. The van der Waals surface area contributed by atoms with Gasteiger partial charge in [0.2, 0.25) is 0 Å². The summed E-state index contributed by atoms with van der Waals surface area (Å²) >= 11 is 4.79. The highest BCUT2D eigenvalue weighted by atomic mass is 32.1. The van der Waals surface area contributed by atoms with E-state index in [1.54, 1.807) is 0 Å². The topological polar surface area (TPSA) is 0 Å². The number of rotatable bonds is 5. The van der Waals surface area contributed by atoms with Gasteiger partial charge in [0.15, 0.2) is 0 Å². The van der Waals surface area contributed by atoms with Crippen LogP contribution in [0.2, 0.25) is 0 Å². The fourth-order valence-electron chi connectivity index (χ4n) is 1.88. The molecule has 0 radical (unpaired) electrons. The van der Waals surface area contributed by atoms with Gasteiger partial charge in [-0.05, 0) is 36.0 Å². The molecule has 0 unspecified atom stereocenters. The number of benzene rings is 1. The zero-order valence-corrected chi connectivity index (χ0v) is 11.5. The van der Waals surface area contributed by atoms with Crippen LogP contribution in [0.25, 0.3) is 5.57 Å². The Morgan fingerprint density at radius 2 is 1.62 bits per heavy atom. The van der Waals surface area contributed by atoms with Crippen molar-refractivity contribution in [2.75, 3.05) is 0 Å². The molecule has 0 spiro atoms. The first-order valence-electron chi connectivity index (χ1n) is 6.08. The number of hydrogen-bond acceptors (Lipinski definition) is 1. The Balaban J connectivity index is 2.98. The van der Waals surface area contributed by atoms with Crippen molar-refractivity contribution in [1.82, 2.24) is 0 Å². The smallest absolute Gasteiger partial charge is 0.0373 e. The van der Waals surface area contributed by atoms with Crippen molar-refractivity contribution in [2.24, 2.45) is 0 Å². The third-order valence-electron chi connectivity index (χ3n) is 3.43. The zero-order valence-electron chi connectivity index (χ0n) is 10.6. The molecule has 0 heterocycles. The summed E-state index contributed by atoms with van der Waals surface area (Å²) in [5.41, 5.74) is 3.76. The van der Waals surface area contributed by atoms with Crippen LogP contribution in [0.1, 0.15) is 51.2 Å². The van der Waals surface area contributed by atoms with Crippen molar-refractivity contribution >= 4 is 18.2 Å². The first kappa shape index (κ1) is 13.4. The maximum Gasteiger partial charge on any atom is 0.0373 e. The van der Waals surface area contributed by atoms with Crippen LogP contribution in [-0.2, 0) is 4.75 Å². The highest BCUT2D eigenvalue weighted by Crippen LogP contribution is 2.35.